The Morgan fingerprint density at radius 3 is 2.88 bits per heavy atom. The first kappa shape index (κ1) is 12.3. The van der Waals surface area contributed by atoms with E-state index in [0.717, 1.165) is 12.3 Å². The third-order valence-corrected chi connectivity index (χ3v) is 4.10. The van der Waals surface area contributed by atoms with E-state index in [1.807, 2.05) is 0 Å². The maximum atomic E-state index is 9.10. The molecule has 2 aliphatic rings. The molecule has 2 saturated heterocycles. The first-order valence-electron chi connectivity index (χ1n) is 6.96. The van der Waals surface area contributed by atoms with Crippen molar-refractivity contribution in [1.82, 2.24) is 10.2 Å². The number of aliphatic hydroxyl groups excluding tert-OH is 1. The molecule has 0 bridgehead atoms. The van der Waals surface area contributed by atoms with Crippen LogP contribution in [0.3, 0.4) is 0 Å². The van der Waals surface area contributed by atoms with Crippen molar-refractivity contribution in [3.63, 3.8) is 0 Å². The smallest absolute Gasteiger partial charge is 0.0445 e. The second-order valence-electron chi connectivity index (χ2n) is 5.37. The summed E-state index contributed by atoms with van der Waals surface area (Å²) in [7, 11) is 0. The molecule has 2 atom stereocenters. The Morgan fingerprint density at radius 1 is 1.19 bits per heavy atom. The van der Waals surface area contributed by atoms with E-state index in [4.69, 9.17) is 5.11 Å². The van der Waals surface area contributed by atoms with Crippen molar-refractivity contribution in [2.24, 2.45) is 5.92 Å². The van der Waals surface area contributed by atoms with Gasteiger partial charge in [0, 0.05) is 19.2 Å². The van der Waals surface area contributed by atoms with Crippen LogP contribution in [0.25, 0.3) is 0 Å². The van der Waals surface area contributed by atoms with Crippen LogP contribution < -0.4 is 5.32 Å². The topological polar surface area (TPSA) is 35.5 Å². The van der Waals surface area contributed by atoms with E-state index >= 15 is 0 Å². The second-order valence-corrected chi connectivity index (χ2v) is 5.37. The Morgan fingerprint density at radius 2 is 2.12 bits per heavy atom. The fourth-order valence-electron chi connectivity index (χ4n) is 3.19. The van der Waals surface area contributed by atoms with E-state index in [-0.39, 0.29) is 0 Å². The molecule has 2 heterocycles. The van der Waals surface area contributed by atoms with E-state index < -0.39 is 0 Å². The molecule has 0 aliphatic carbocycles. The van der Waals surface area contributed by atoms with Gasteiger partial charge >= 0.3 is 0 Å². The standard InChI is InChI=1S/C13H26N2O/c16-9-6-13-5-1-2-8-15(13)11-12-4-3-7-14-10-12/h12-14,16H,1-11H2. The van der Waals surface area contributed by atoms with Crippen LogP contribution in [-0.2, 0) is 0 Å². The molecule has 2 aliphatic heterocycles. The Hall–Kier alpha value is -0.120. The van der Waals surface area contributed by atoms with Crippen molar-refractivity contribution in [3.05, 3.63) is 0 Å². The van der Waals surface area contributed by atoms with Gasteiger partial charge in [0.15, 0.2) is 0 Å². The summed E-state index contributed by atoms with van der Waals surface area (Å²) in [5.74, 6) is 0.841. The molecule has 0 aromatic carbocycles. The third-order valence-electron chi connectivity index (χ3n) is 4.10. The number of hydrogen-bond donors (Lipinski definition) is 2. The van der Waals surface area contributed by atoms with Gasteiger partial charge in [-0.15, -0.1) is 0 Å². The van der Waals surface area contributed by atoms with Crippen LogP contribution in [0, 0.1) is 5.92 Å². The number of hydrogen-bond acceptors (Lipinski definition) is 3. The predicted molar refractivity (Wildman–Crippen MR) is 66.5 cm³/mol. The Labute approximate surface area is 99.2 Å². The maximum Gasteiger partial charge on any atom is 0.0445 e. The Bertz CT molecular complexity index is 190. The van der Waals surface area contributed by atoms with Crippen LogP contribution in [0.2, 0.25) is 0 Å². The molecule has 0 amide bonds. The summed E-state index contributed by atoms with van der Waals surface area (Å²) in [6.45, 7) is 5.25. The van der Waals surface area contributed by atoms with Crippen LogP contribution in [0.5, 0.6) is 0 Å². The van der Waals surface area contributed by atoms with E-state index in [9.17, 15) is 0 Å². The summed E-state index contributed by atoms with van der Waals surface area (Å²) in [5, 5.41) is 12.6. The second kappa shape index (κ2) is 6.58. The minimum Gasteiger partial charge on any atom is -0.396 e. The molecular weight excluding hydrogens is 200 g/mol. The molecule has 0 aromatic heterocycles. The SMILES string of the molecule is OCCC1CCCCN1CC1CCCNC1. The fraction of sp³-hybridized carbons (Fsp3) is 1.00. The van der Waals surface area contributed by atoms with Crippen molar-refractivity contribution in [2.45, 2.75) is 44.6 Å². The highest BCUT2D eigenvalue weighted by atomic mass is 16.3. The minimum absolute atomic E-state index is 0.351. The van der Waals surface area contributed by atoms with Crippen LogP contribution in [0.4, 0.5) is 0 Å². The van der Waals surface area contributed by atoms with E-state index in [1.54, 1.807) is 0 Å². The van der Waals surface area contributed by atoms with Gasteiger partial charge in [-0.05, 0) is 57.7 Å². The van der Waals surface area contributed by atoms with Gasteiger partial charge in [-0.1, -0.05) is 6.42 Å². The summed E-state index contributed by atoms with van der Waals surface area (Å²) in [6, 6.07) is 0.653. The lowest BCUT2D eigenvalue weighted by molar-refractivity contribution is 0.0957. The molecule has 94 valence electrons. The lowest BCUT2D eigenvalue weighted by Gasteiger charge is -2.38. The van der Waals surface area contributed by atoms with E-state index in [1.165, 1.54) is 58.3 Å². The number of nitrogens with zero attached hydrogens (tertiary/aromatic N) is 1. The molecule has 2 N–H and O–H groups in total. The van der Waals surface area contributed by atoms with Gasteiger partial charge in [-0.2, -0.15) is 0 Å². The molecule has 16 heavy (non-hydrogen) atoms. The number of aliphatic hydroxyl groups is 1. The molecule has 3 nitrogen and oxygen atoms in total. The normalized spacial score (nSPS) is 32.8. The molecule has 0 saturated carbocycles. The first-order valence-corrected chi connectivity index (χ1v) is 6.96. The summed E-state index contributed by atoms with van der Waals surface area (Å²) in [4.78, 5) is 2.64. The van der Waals surface area contributed by atoms with Gasteiger partial charge in [0.25, 0.3) is 0 Å². The zero-order valence-electron chi connectivity index (χ0n) is 10.3. The van der Waals surface area contributed by atoms with Gasteiger partial charge in [0.2, 0.25) is 0 Å². The molecule has 3 heteroatoms. The van der Waals surface area contributed by atoms with Crippen LogP contribution >= 0.6 is 0 Å². The van der Waals surface area contributed by atoms with Gasteiger partial charge in [0.05, 0.1) is 0 Å². The van der Waals surface area contributed by atoms with Crippen LogP contribution in [-0.4, -0.2) is 48.8 Å². The summed E-state index contributed by atoms with van der Waals surface area (Å²) in [6.07, 6.45) is 7.69. The monoisotopic (exact) mass is 226 g/mol. The van der Waals surface area contributed by atoms with Gasteiger partial charge < -0.3 is 10.4 Å². The zero-order chi connectivity index (χ0) is 11.2. The average Bonchev–Trinajstić information content (AvgIpc) is 2.33. The van der Waals surface area contributed by atoms with Gasteiger partial charge in [0.1, 0.15) is 0 Å². The lowest BCUT2D eigenvalue weighted by atomic mass is 9.94. The number of likely N-dealkylation sites (tertiary alicyclic amines) is 1. The Balaban J connectivity index is 1.80. The summed E-state index contributed by atoms with van der Waals surface area (Å²) in [5.41, 5.74) is 0. The van der Waals surface area contributed by atoms with Gasteiger partial charge in [-0.3, -0.25) is 4.90 Å². The third kappa shape index (κ3) is 3.44. The molecule has 2 fully saturated rings. The highest BCUT2D eigenvalue weighted by Gasteiger charge is 2.25. The molecule has 2 unspecified atom stereocenters. The molecular formula is C13H26N2O. The highest BCUT2D eigenvalue weighted by molar-refractivity contribution is 4.80. The largest absolute Gasteiger partial charge is 0.396 e. The average molecular weight is 226 g/mol. The first-order chi connectivity index (χ1) is 7.90. The highest BCUT2D eigenvalue weighted by Crippen LogP contribution is 2.22. The molecule has 0 aromatic rings. The maximum absolute atomic E-state index is 9.10. The molecule has 0 spiro atoms. The number of nitrogens with one attached hydrogen (secondary N) is 1. The van der Waals surface area contributed by atoms with Crippen molar-refractivity contribution < 1.29 is 5.11 Å². The zero-order valence-corrected chi connectivity index (χ0v) is 10.3. The lowest BCUT2D eigenvalue weighted by Crippen LogP contribution is -2.45. The van der Waals surface area contributed by atoms with E-state index in [2.05, 4.69) is 10.2 Å². The molecule has 2 rings (SSSR count). The summed E-state index contributed by atoms with van der Waals surface area (Å²) < 4.78 is 0. The van der Waals surface area contributed by atoms with Crippen LogP contribution in [0.1, 0.15) is 38.5 Å². The number of rotatable bonds is 4. The minimum atomic E-state index is 0.351. The quantitative estimate of drug-likeness (QED) is 0.756. The summed E-state index contributed by atoms with van der Waals surface area (Å²) >= 11 is 0. The van der Waals surface area contributed by atoms with E-state index in [0.29, 0.717) is 12.6 Å². The molecule has 0 radical (unpaired) electrons. The number of piperidine rings is 2. The van der Waals surface area contributed by atoms with Crippen LogP contribution in [0.15, 0.2) is 0 Å². The van der Waals surface area contributed by atoms with Crippen molar-refractivity contribution in [2.75, 3.05) is 32.8 Å². The van der Waals surface area contributed by atoms with Crippen molar-refractivity contribution in [3.8, 4) is 0 Å². The predicted octanol–water partition coefficient (Wildman–Crippen LogP) is 1.22. The Kier molecular flexibility index (Phi) is 5.07. The van der Waals surface area contributed by atoms with Crippen molar-refractivity contribution >= 4 is 0 Å². The van der Waals surface area contributed by atoms with Crippen molar-refractivity contribution in [1.29, 1.82) is 0 Å². The van der Waals surface area contributed by atoms with Gasteiger partial charge in [-0.25, -0.2) is 0 Å². The fourth-order valence-corrected chi connectivity index (χ4v) is 3.19.